The summed E-state index contributed by atoms with van der Waals surface area (Å²) in [5.74, 6) is 0.518. The maximum atomic E-state index is 11.4. The molecule has 3 heteroatoms. The van der Waals surface area contributed by atoms with Crippen molar-refractivity contribution in [3.63, 3.8) is 0 Å². The van der Waals surface area contributed by atoms with Gasteiger partial charge in [0, 0.05) is 5.57 Å². The van der Waals surface area contributed by atoms with Crippen LogP contribution in [0.5, 0.6) is 5.75 Å². The average Bonchev–Trinajstić information content (AvgIpc) is 2.30. The third-order valence-electron chi connectivity index (χ3n) is 2.10. The molecule has 86 valence electrons. The molecule has 1 aromatic carbocycles. The van der Waals surface area contributed by atoms with E-state index in [-0.39, 0.29) is 5.97 Å². The van der Waals surface area contributed by atoms with Crippen molar-refractivity contribution in [1.82, 2.24) is 0 Å². The van der Waals surface area contributed by atoms with Crippen molar-refractivity contribution in [2.45, 2.75) is 13.8 Å². The first-order valence-electron chi connectivity index (χ1n) is 5.17. The quantitative estimate of drug-likeness (QED) is 0.578. The number of esters is 1. The molecular weight excluding hydrogens is 204 g/mol. The fourth-order valence-electron chi connectivity index (χ4n) is 1.25. The van der Waals surface area contributed by atoms with Gasteiger partial charge in [-0.25, -0.2) is 4.79 Å². The van der Waals surface area contributed by atoms with Crippen molar-refractivity contribution in [2.24, 2.45) is 0 Å². The molecule has 0 bridgehead atoms. The zero-order valence-electron chi connectivity index (χ0n) is 9.82. The first kappa shape index (κ1) is 12.3. The first-order chi connectivity index (χ1) is 7.67. The summed E-state index contributed by atoms with van der Waals surface area (Å²) in [4.78, 5) is 11.4. The lowest BCUT2D eigenvalue weighted by atomic mass is 10.1. The summed E-state index contributed by atoms with van der Waals surface area (Å²) in [6.07, 6.45) is 1.79. The van der Waals surface area contributed by atoms with E-state index < -0.39 is 0 Å². The highest BCUT2D eigenvalue weighted by atomic mass is 16.5. The molecule has 0 saturated heterocycles. The van der Waals surface area contributed by atoms with Crippen molar-refractivity contribution in [1.29, 1.82) is 0 Å². The van der Waals surface area contributed by atoms with Crippen molar-refractivity contribution in [3.05, 3.63) is 35.4 Å². The molecule has 0 aliphatic heterocycles. The van der Waals surface area contributed by atoms with Gasteiger partial charge in [0.25, 0.3) is 0 Å². The monoisotopic (exact) mass is 220 g/mol. The molecule has 16 heavy (non-hydrogen) atoms. The van der Waals surface area contributed by atoms with Crippen LogP contribution in [0.15, 0.2) is 29.8 Å². The Morgan fingerprint density at radius 1 is 1.31 bits per heavy atom. The number of ether oxygens (including phenoxy) is 2. The molecule has 0 spiro atoms. The largest absolute Gasteiger partial charge is 0.497 e. The highest BCUT2D eigenvalue weighted by molar-refractivity contribution is 5.92. The lowest BCUT2D eigenvalue weighted by molar-refractivity contribution is -0.138. The fraction of sp³-hybridized carbons (Fsp3) is 0.308. The van der Waals surface area contributed by atoms with Crippen LogP contribution in [0.25, 0.3) is 6.08 Å². The lowest BCUT2D eigenvalue weighted by Gasteiger charge is -2.02. The molecular formula is C13H16O3. The second-order valence-electron chi connectivity index (χ2n) is 3.32. The van der Waals surface area contributed by atoms with E-state index in [0.29, 0.717) is 12.2 Å². The van der Waals surface area contributed by atoms with Crippen LogP contribution in [-0.2, 0) is 9.53 Å². The summed E-state index contributed by atoms with van der Waals surface area (Å²) in [7, 11) is 1.62. The highest BCUT2D eigenvalue weighted by Gasteiger charge is 2.03. The number of carbonyl (C=O) groups is 1. The molecule has 3 nitrogen and oxygen atoms in total. The molecule has 0 aliphatic rings. The van der Waals surface area contributed by atoms with Crippen LogP contribution in [0, 0.1) is 0 Å². The summed E-state index contributed by atoms with van der Waals surface area (Å²) < 4.78 is 9.94. The molecule has 0 aliphatic carbocycles. The SMILES string of the molecule is CCOC(=O)/C(C)=C\c1ccc(OC)cc1. The van der Waals surface area contributed by atoms with Gasteiger partial charge < -0.3 is 9.47 Å². The standard InChI is InChI=1S/C13H16O3/c1-4-16-13(14)10(2)9-11-5-7-12(15-3)8-6-11/h5-9H,4H2,1-3H3/b10-9-. The number of hydrogen-bond acceptors (Lipinski definition) is 3. The van der Waals surface area contributed by atoms with Crippen molar-refractivity contribution < 1.29 is 14.3 Å². The van der Waals surface area contributed by atoms with Gasteiger partial charge in [-0.2, -0.15) is 0 Å². The molecule has 0 saturated carbocycles. The van der Waals surface area contributed by atoms with Gasteiger partial charge in [-0.05, 0) is 37.6 Å². The van der Waals surface area contributed by atoms with Crippen LogP contribution in [-0.4, -0.2) is 19.7 Å². The zero-order valence-corrected chi connectivity index (χ0v) is 9.82. The van der Waals surface area contributed by atoms with E-state index in [1.807, 2.05) is 24.3 Å². The molecule has 0 atom stereocenters. The predicted octanol–water partition coefficient (Wildman–Crippen LogP) is 2.66. The Labute approximate surface area is 95.7 Å². The Morgan fingerprint density at radius 3 is 2.44 bits per heavy atom. The number of methoxy groups -OCH3 is 1. The van der Waals surface area contributed by atoms with E-state index in [2.05, 4.69) is 0 Å². The first-order valence-corrected chi connectivity index (χ1v) is 5.17. The predicted molar refractivity (Wildman–Crippen MR) is 63.3 cm³/mol. The minimum atomic E-state index is -0.279. The summed E-state index contributed by atoms with van der Waals surface area (Å²) >= 11 is 0. The van der Waals surface area contributed by atoms with Gasteiger partial charge >= 0.3 is 5.97 Å². The molecule has 0 fully saturated rings. The Hall–Kier alpha value is -1.77. The normalized spacial score (nSPS) is 11.1. The van der Waals surface area contributed by atoms with Gasteiger partial charge in [0.05, 0.1) is 13.7 Å². The zero-order chi connectivity index (χ0) is 12.0. The van der Waals surface area contributed by atoms with E-state index in [1.54, 1.807) is 27.0 Å². The second-order valence-corrected chi connectivity index (χ2v) is 3.32. The summed E-state index contributed by atoms with van der Waals surface area (Å²) in [6, 6.07) is 7.48. The van der Waals surface area contributed by atoms with Gasteiger partial charge in [0.1, 0.15) is 5.75 Å². The Morgan fingerprint density at radius 2 is 1.94 bits per heavy atom. The molecule has 0 unspecified atom stereocenters. The minimum absolute atomic E-state index is 0.279. The molecule has 0 amide bonds. The van der Waals surface area contributed by atoms with Crippen molar-refractivity contribution >= 4 is 12.0 Å². The molecule has 0 aromatic heterocycles. The van der Waals surface area contributed by atoms with E-state index >= 15 is 0 Å². The smallest absolute Gasteiger partial charge is 0.333 e. The lowest BCUT2D eigenvalue weighted by Crippen LogP contribution is -2.04. The average molecular weight is 220 g/mol. The van der Waals surface area contributed by atoms with Crippen molar-refractivity contribution in [3.8, 4) is 5.75 Å². The Kier molecular flexibility index (Phi) is 4.58. The maximum Gasteiger partial charge on any atom is 0.333 e. The third kappa shape index (κ3) is 3.42. The Bertz CT molecular complexity index is 377. The number of benzene rings is 1. The summed E-state index contributed by atoms with van der Waals surface area (Å²) in [5, 5.41) is 0. The third-order valence-corrected chi connectivity index (χ3v) is 2.10. The number of rotatable bonds is 4. The van der Waals surface area contributed by atoms with Crippen LogP contribution in [0.2, 0.25) is 0 Å². The van der Waals surface area contributed by atoms with E-state index in [4.69, 9.17) is 9.47 Å². The molecule has 0 N–H and O–H groups in total. The maximum absolute atomic E-state index is 11.4. The highest BCUT2D eigenvalue weighted by Crippen LogP contribution is 2.14. The fourth-order valence-corrected chi connectivity index (χ4v) is 1.25. The summed E-state index contributed by atoms with van der Waals surface area (Å²) in [5.41, 5.74) is 1.54. The molecule has 0 radical (unpaired) electrons. The minimum Gasteiger partial charge on any atom is -0.497 e. The van der Waals surface area contributed by atoms with Gasteiger partial charge in [-0.15, -0.1) is 0 Å². The van der Waals surface area contributed by atoms with Crippen LogP contribution in [0.1, 0.15) is 19.4 Å². The Balaban J connectivity index is 2.77. The van der Waals surface area contributed by atoms with Crippen LogP contribution in [0.4, 0.5) is 0 Å². The topological polar surface area (TPSA) is 35.5 Å². The molecule has 0 heterocycles. The van der Waals surface area contributed by atoms with Gasteiger partial charge in [0.15, 0.2) is 0 Å². The van der Waals surface area contributed by atoms with Gasteiger partial charge in [-0.3, -0.25) is 0 Å². The van der Waals surface area contributed by atoms with E-state index in [1.165, 1.54) is 0 Å². The summed E-state index contributed by atoms with van der Waals surface area (Å²) in [6.45, 7) is 3.92. The number of carbonyl (C=O) groups excluding carboxylic acids is 1. The molecule has 1 aromatic rings. The van der Waals surface area contributed by atoms with Gasteiger partial charge in [0.2, 0.25) is 0 Å². The van der Waals surface area contributed by atoms with E-state index in [0.717, 1.165) is 11.3 Å². The number of hydrogen-bond donors (Lipinski definition) is 0. The van der Waals surface area contributed by atoms with Crippen LogP contribution >= 0.6 is 0 Å². The van der Waals surface area contributed by atoms with Crippen LogP contribution < -0.4 is 4.74 Å². The van der Waals surface area contributed by atoms with Crippen molar-refractivity contribution in [2.75, 3.05) is 13.7 Å². The van der Waals surface area contributed by atoms with Crippen LogP contribution in [0.3, 0.4) is 0 Å². The van der Waals surface area contributed by atoms with E-state index in [9.17, 15) is 4.79 Å². The molecule has 1 rings (SSSR count). The van der Waals surface area contributed by atoms with Gasteiger partial charge in [-0.1, -0.05) is 12.1 Å². The second kappa shape index (κ2) is 5.95.